The van der Waals surface area contributed by atoms with Crippen LogP contribution in [0.1, 0.15) is 11.1 Å². The number of rotatable bonds is 2. The van der Waals surface area contributed by atoms with Crippen LogP contribution in [0.3, 0.4) is 0 Å². The van der Waals surface area contributed by atoms with Crippen LogP contribution in [0.5, 0.6) is 0 Å². The van der Waals surface area contributed by atoms with Crippen LogP contribution in [0.2, 0.25) is 0 Å². The summed E-state index contributed by atoms with van der Waals surface area (Å²) in [5, 5.41) is 1.06. The van der Waals surface area contributed by atoms with Crippen LogP contribution in [0.15, 0.2) is 78.9 Å². The van der Waals surface area contributed by atoms with E-state index in [4.69, 9.17) is 8.76 Å². The summed E-state index contributed by atoms with van der Waals surface area (Å²) >= 11 is 2.99. The lowest BCUT2D eigenvalue weighted by Crippen LogP contribution is -2.22. The summed E-state index contributed by atoms with van der Waals surface area (Å²) in [6.07, 6.45) is 0. The van der Waals surface area contributed by atoms with Gasteiger partial charge < -0.3 is 0 Å². The fourth-order valence-electron chi connectivity index (χ4n) is 2.52. The van der Waals surface area contributed by atoms with Crippen LogP contribution in [-0.2, 0) is 10.9 Å². The summed E-state index contributed by atoms with van der Waals surface area (Å²) < 4.78 is 11.4. The van der Waals surface area contributed by atoms with Gasteiger partial charge in [-0.15, -0.1) is 0 Å². The number of nitrogens with zero attached hydrogens (tertiary/aromatic N) is 4. The van der Waals surface area contributed by atoms with E-state index in [0.717, 1.165) is 27.0 Å². The van der Waals surface area contributed by atoms with E-state index in [9.17, 15) is 0 Å². The van der Waals surface area contributed by atoms with Gasteiger partial charge in [0.25, 0.3) is 0 Å². The molecule has 4 nitrogen and oxygen atoms in total. The molecule has 1 unspecified atom stereocenters. The van der Waals surface area contributed by atoms with Gasteiger partial charge in [0.15, 0.2) is 5.84 Å². The molecular weight excluding hydrogens is 344 g/mol. The second-order valence-corrected chi connectivity index (χ2v) is 8.42. The largest absolute Gasteiger partial charge is 0.216 e. The fraction of sp³-hybridized carbons (Fsp3) is 0. The van der Waals surface area contributed by atoms with Crippen LogP contribution in [0, 0.1) is 0 Å². The first-order valence-corrected chi connectivity index (χ1v) is 9.68. The van der Waals surface area contributed by atoms with Crippen molar-refractivity contribution in [2.45, 2.75) is 0 Å². The van der Waals surface area contributed by atoms with Crippen molar-refractivity contribution in [1.82, 2.24) is 3.71 Å². The molecule has 0 N–H and O–H groups in total. The van der Waals surface area contributed by atoms with E-state index in [2.05, 4.69) is 44.5 Å². The zero-order chi connectivity index (χ0) is 15.2. The topological polar surface area (TPSA) is 40.3 Å². The van der Waals surface area contributed by atoms with Crippen LogP contribution >= 0.6 is 24.1 Å². The Bertz CT molecular complexity index is 917. The maximum atomic E-state index is 4.90. The minimum atomic E-state index is -0.353. The van der Waals surface area contributed by atoms with Crippen LogP contribution in [0.25, 0.3) is 4.91 Å². The molecular formula is C16H10N4S3. The van der Waals surface area contributed by atoms with E-state index in [1.165, 1.54) is 29.6 Å². The minimum Gasteiger partial charge on any atom is -0.216 e. The second kappa shape index (κ2) is 5.36. The molecule has 0 saturated heterocycles. The molecule has 0 spiro atoms. The standard InChI is InChI=1S/C16H10N4S3/c1-3-7-11(8-4-1)13-15-17-16-14(12-9-5-2-6-10-12)21-19-23(16)20(15)22-18-13/h1-10H. The first-order valence-electron chi connectivity index (χ1n) is 7.04. The highest BCUT2D eigenvalue weighted by Crippen LogP contribution is 2.48. The Hall–Kier alpha value is -1.83. The molecule has 0 fully saturated rings. The van der Waals surface area contributed by atoms with Gasteiger partial charge in [-0.25, -0.2) is 8.70 Å². The summed E-state index contributed by atoms with van der Waals surface area (Å²) in [6, 6.07) is 20.6. The molecule has 5 rings (SSSR count). The third-order valence-electron chi connectivity index (χ3n) is 3.61. The summed E-state index contributed by atoms with van der Waals surface area (Å²) in [4.78, 5) is 6.05. The summed E-state index contributed by atoms with van der Waals surface area (Å²) in [5.74, 6) is 0.928. The smallest absolute Gasteiger partial charge is 0.180 e. The SMILES string of the molecule is c1ccc(C2=NSN3C2=NC2=C(c4ccccc4)SN=S23)cc1. The number of aliphatic imine (C=N–C) groups is 1. The zero-order valence-electron chi connectivity index (χ0n) is 11.8. The van der Waals surface area contributed by atoms with Gasteiger partial charge in [-0.05, 0) is 5.56 Å². The van der Waals surface area contributed by atoms with E-state index in [0.29, 0.717) is 0 Å². The monoisotopic (exact) mass is 354 g/mol. The molecule has 7 heteroatoms. The lowest BCUT2D eigenvalue weighted by Gasteiger charge is -2.08. The molecule has 0 amide bonds. The van der Waals surface area contributed by atoms with E-state index in [1.54, 1.807) is 0 Å². The Balaban J connectivity index is 1.60. The number of hydrogen-bond donors (Lipinski definition) is 0. The fourth-order valence-corrected chi connectivity index (χ4v) is 6.58. The van der Waals surface area contributed by atoms with Gasteiger partial charge in [0.05, 0.1) is 15.8 Å². The molecule has 3 aliphatic rings. The van der Waals surface area contributed by atoms with Gasteiger partial charge in [0.2, 0.25) is 0 Å². The third kappa shape index (κ3) is 2.11. The van der Waals surface area contributed by atoms with Crippen molar-refractivity contribution in [3.63, 3.8) is 0 Å². The number of hydrogen-bond acceptors (Lipinski definition) is 6. The number of benzene rings is 2. The number of amidine groups is 1. The molecule has 3 aliphatic heterocycles. The van der Waals surface area contributed by atoms with Gasteiger partial charge in [0.1, 0.15) is 22.9 Å². The van der Waals surface area contributed by atoms with E-state index >= 15 is 0 Å². The normalized spacial score (nSPS) is 21.7. The maximum Gasteiger partial charge on any atom is 0.180 e. The van der Waals surface area contributed by atoms with Crippen molar-refractivity contribution in [1.29, 1.82) is 0 Å². The van der Waals surface area contributed by atoms with E-state index in [-0.39, 0.29) is 10.9 Å². The maximum absolute atomic E-state index is 4.90. The Morgan fingerprint density at radius 2 is 1.57 bits per heavy atom. The number of fused-ring (bicyclic) bond motifs is 3. The lowest BCUT2D eigenvalue weighted by molar-refractivity contribution is 1.18. The van der Waals surface area contributed by atoms with Crippen LogP contribution in [0.4, 0.5) is 0 Å². The molecule has 1 atom stereocenters. The third-order valence-corrected chi connectivity index (χ3v) is 7.55. The molecule has 112 valence electrons. The van der Waals surface area contributed by atoms with Crippen molar-refractivity contribution < 1.29 is 0 Å². The van der Waals surface area contributed by atoms with E-state index in [1.807, 2.05) is 24.3 Å². The highest BCUT2D eigenvalue weighted by Gasteiger charge is 2.40. The summed E-state index contributed by atoms with van der Waals surface area (Å²) in [5.41, 5.74) is 3.22. The molecule has 23 heavy (non-hydrogen) atoms. The highest BCUT2D eigenvalue weighted by atomic mass is 32.3. The van der Waals surface area contributed by atoms with Crippen molar-refractivity contribution in [2.75, 3.05) is 0 Å². The Labute approximate surface area is 145 Å². The van der Waals surface area contributed by atoms with Gasteiger partial charge in [0, 0.05) is 17.5 Å². The second-order valence-electron chi connectivity index (χ2n) is 5.01. The summed E-state index contributed by atoms with van der Waals surface area (Å²) in [7, 11) is -0.353. The van der Waals surface area contributed by atoms with Crippen LogP contribution < -0.4 is 0 Å². The predicted octanol–water partition coefficient (Wildman–Crippen LogP) is 4.47. The predicted molar refractivity (Wildman–Crippen MR) is 101 cm³/mol. The first kappa shape index (κ1) is 13.6. The Kier molecular flexibility index (Phi) is 3.17. The minimum absolute atomic E-state index is 0.353. The molecule has 0 aromatic heterocycles. The molecule has 2 aromatic carbocycles. The van der Waals surface area contributed by atoms with Crippen molar-refractivity contribution in [3.05, 3.63) is 76.8 Å². The Morgan fingerprint density at radius 1 is 0.870 bits per heavy atom. The quantitative estimate of drug-likeness (QED) is 0.747. The van der Waals surface area contributed by atoms with Crippen molar-refractivity contribution in [3.8, 4) is 0 Å². The van der Waals surface area contributed by atoms with Gasteiger partial charge in [-0.2, -0.15) is 8.17 Å². The molecule has 0 aliphatic carbocycles. The van der Waals surface area contributed by atoms with Crippen molar-refractivity contribution >= 4 is 51.4 Å². The van der Waals surface area contributed by atoms with Gasteiger partial charge >= 0.3 is 0 Å². The zero-order valence-corrected chi connectivity index (χ0v) is 14.2. The first-order chi connectivity index (χ1) is 11.4. The van der Waals surface area contributed by atoms with E-state index < -0.39 is 0 Å². The molecule has 3 heterocycles. The average molecular weight is 354 g/mol. The molecule has 0 radical (unpaired) electrons. The lowest BCUT2D eigenvalue weighted by atomic mass is 10.1. The van der Waals surface area contributed by atoms with Crippen LogP contribution in [-0.4, -0.2) is 15.3 Å². The van der Waals surface area contributed by atoms with Gasteiger partial charge in [-0.3, -0.25) is 0 Å². The molecule has 0 bridgehead atoms. The van der Waals surface area contributed by atoms with Gasteiger partial charge in [-0.1, -0.05) is 60.7 Å². The average Bonchev–Trinajstić information content (AvgIpc) is 3.27. The Morgan fingerprint density at radius 3 is 2.30 bits per heavy atom. The summed E-state index contributed by atoms with van der Waals surface area (Å²) in [6.45, 7) is 0. The molecule has 2 aromatic rings. The molecule has 0 saturated carbocycles. The highest BCUT2D eigenvalue weighted by molar-refractivity contribution is 8.19. The van der Waals surface area contributed by atoms with Crippen molar-refractivity contribution in [2.24, 2.45) is 13.2 Å².